The summed E-state index contributed by atoms with van der Waals surface area (Å²) in [4.78, 5) is 0. The van der Waals surface area contributed by atoms with Gasteiger partial charge in [0, 0.05) is 0 Å². The highest BCUT2D eigenvalue weighted by molar-refractivity contribution is 5.23. The third-order valence-corrected chi connectivity index (χ3v) is 4.45. The SMILES string of the molecule is CCC1=CCC[C@]12CCCC2CC. The third kappa shape index (κ3) is 1.26. The van der Waals surface area contributed by atoms with E-state index in [0.717, 1.165) is 5.92 Å². The van der Waals surface area contributed by atoms with E-state index in [1.165, 1.54) is 44.9 Å². The van der Waals surface area contributed by atoms with Crippen LogP contribution in [0.4, 0.5) is 0 Å². The van der Waals surface area contributed by atoms with Gasteiger partial charge in [-0.15, -0.1) is 0 Å². The maximum absolute atomic E-state index is 2.54. The molecule has 0 heterocycles. The molecule has 74 valence electrons. The standard InChI is InChI=1S/C13H22/c1-3-11-7-5-9-13(11)10-6-8-12(13)4-2/h7,12H,3-6,8-10H2,1-2H3/t12?,13-/m0/s1. The van der Waals surface area contributed by atoms with Gasteiger partial charge < -0.3 is 0 Å². The first kappa shape index (κ1) is 9.30. The fourth-order valence-corrected chi connectivity index (χ4v) is 3.86. The van der Waals surface area contributed by atoms with Crippen LogP contribution in [0.25, 0.3) is 0 Å². The molecule has 1 spiro atoms. The summed E-state index contributed by atoms with van der Waals surface area (Å²) in [6.45, 7) is 4.72. The zero-order valence-electron chi connectivity index (χ0n) is 9.10. The molecule has 0 aromatic rings. The molecule has 0 radical (unpaired) electrons. The van der Waals surface area contributed by atoms with E-state index in [0.29, 0.717) is 5.41 Å². The van der Waals surface area contributed by atoms with Crippen molar-refractivity contribution in [3.05, 3.63) is 11.6 Å². The molecule has 0 heteroatoms. The monoisotopic (exact) mass is 178 g/mol. The predicted octanol–water partition coefficient (Wildman–Crippen LogP) is 4.31. The summed E-state index contributed by atoms with van der Waals surface area (Å²) >= 11 is 0. The zero-order chi connectivity index (χ0) is 9.31. The minimum atomic E-state index is 0.684. The van der Waals surface area contributed by atoms with Gasteiger partial charge in [-0.2, -0.15) is 0 Å². The van der Waals surface area contributed by atoms with Crippen molar-refractivity contribution in [1.29, 1.82) is 0 Å². The van der Waals surface area contributed by atoms with E-state index in [1.54, 1.807) is 5.57 Å². The molecule has 2 aliphatic rings. The van der Waals surface area contributed by atoms with Gasteiger partial charge in [0.05, 0.1) is 0 Å². The summed E-state index contributed by atoms with van der Waals surface area (Å²) in [6, 6.07) is 0. The zero-order valence-corrected chi connectivity index (χ0v) is 9.10. The van der Waals surface area contributed by atoms with Gasteiger partial charge in [-0.25, -0.2) is 0 Å². The van der Waals surface area contributed by atoms with Gasteiger partial charge in [0.15, 0.2) is 0 Å². The van der Waals surface area contributed by atoms with Crippen LogP contribution >= 0.6 is 0 Å². The molecule has 1 fully saturated rings. The minimum Gasteiger partial charge on any atom is -0.0847 e. The van der Waals surface area contributed by atoms with E-state index in [-0.39, 0.29) is 0 Å². The summed E-state index contributed by atoms with van der Waals surface area (Å²) in [5.41, 5.74) is 2.49. The normalized spacial score (nSPS) is 38.6. The van der Waals surface area contributed by atoms with E-state index < -0.39 is 0 Å². The first-order valence-corrected chi connectivity index (χ1v) is 6.03. The van der Waals surface area contributed by atoms with Crippen molar-refractivity contribution in [3.8, 4) is 0 Å². The molecule has 0 aromatic carbocycles. The molecule has 13 heavy (non-hydrogen) atoms. The molecule has 2 rings (SSSR count). The fourth-order valence-electron chi connectivity index (χ4n) is 3.86. The smallest absolute Gasteiger partial charge is 0.00571 e. The van der Waals surface area contributed by atoms with Crippen LogP contribution in [0, 0.1) is 11.3 Å². The molecule has 0 aliphatic heterocycles. The van der Waals surface area contributed by atoms with Crippen LogP contribution in [-0.4, -0.2) is 0 Å². The Morgan fingerprint density at radius 2 is 2.23 bits per heavy atom. The summed E-state index contributed by atoms with van der Waals surface area (Å²) in [7, 11) is 0. The van der Waals surface area contributed by atoms with E-state index in [9.17, 15) is 0 Å². The van der Waals surface area contributed by atoms with Gasteiger partial charge in [-0.05, 0) is 43.4 Å². The summed E-state index contributed by atoms with van der Waals surface area (Å²) in [5.74, 6) is 1.01. The highest BCUT2D eigenvalue weighted by Gasteiger charge is 2.45. The Hall–Kier alpha value is -0.260. The van der Waals surface area contributed by atoms with E-state index in [2.05, 4.69) is 19.9 Å². The van der Waals surface area contributed by atoms with Gasteiger partial charge in [0.25, 0.3) is 0 Å². The van der Waals surface area contributed by atoms with Crippen molar-refractivity contribution in [2.75, 3.05) is 0 Å². The molecule has 0 bridgehead atoms. The van der Waals surface area contributed by atoms with Crippen LogP contribution in [-0.2, 0) is 0 Å². The van der Waals surface area contributed by atoms with Gasteiger partial charge in [0.1, 0.15) is 0 Å². The van der Waals surface area contributed by atoms with Crippen molar-refractivity contribution in [1.82, 2.24) is 0 Å². The molecular weight excluding hydrogens is 156 g/mol. The molecule has 0 aromatic heterocycles. The van der Waals surface area contributed by atoms with E-state index in [1.807, 2.05) is 0 Å². The van der Waals surface area contributed by atoms with Crippen LogP contribution in [0.2, 0.25) is 0 Å². The topological polar surface area (TPSA) is 0 Å². The molecule has 1 unspecified atom stereocenters. The Balaban J connectivity index is 2.23. The first-order valence-electron chi connectivity index (χ1n) is 6.03. The van der Waals surface area contributed by atoms with Gasteiger partial charge in [-0.1, -0.05) is 38.3 Å². The van der Waals surface area contributed by atoms with E-state index >= 15 is 0 Å². The number of hydrogen-bond donors (Lipinski definition) is 0. The maximum Gasteiger partial charge on any atom is -0.00571 e. The fraction of sp³-hybridized carbons (Fsp3) is 0.846. The molecule has 2 aliphatic carbocycles. The maximum atomic E-state index is 2.54. The highest BCUT2D eigenvalue weighted by atomic mass is 14.5. The number of allylic oxidation sites excluding steroid dienone is 2. The lowest BCUT2D eigenvalue weighted by molar-refractivity contribution is 0.241. The summed E-state index contributed by atoms with van der Waals surface area (Å²) in [6.07, 6.45) is 12.5. The second-order valence-corrected chi connectivity index (χ2v) is 4.78. The van der Waals surface area contributed by atoms with E-state index in [4.69, 9.17) is 0 Å². The Morgan fingerprint density at radius 3 is 2.92 bits per heavy atom. The Bertz CT molecular complexity index is 214. The summed E-state index contributed by atoms with van der Waals surface area (Å²) < 4.78 is 0. The average Bonchev–Trinajstić information content (AvgIpc) is 2.74. The first-order chi connectivity index (χ1) is 6.33. The third-order valence-electron chi connectivity index (χ3n) is 4.45. The predicted molar refractivity (Wildman–Crippen MR) is 57.7 cm³/mol. The lowest BCUT2D eigenvalue weighted by Gasteiger charge is -2.34. The summed E-state index contributed by atoms with van der Waals surface area (Å²) in [5, 5.41) is 0. The molecule has 2 atom stereocenters. The molecule has 0 amide bonds. The highest BCUT2D eigenvalue weighted by Crippen LogP contribution is 2.56. The van der Waals surface area contributed by atoms with Crippen LogP contribution < -0.4 is 0 Å². The quantitative estimate of drug-likeness (QED) is 0.553. The Morgan fingerprint density at radius 1 is 1.38 bits per heavy atom. The minimum absolute atomic E-state index is 0.684. The number of rotatable bonds is 2. The lowest BCUT2D eigenvalue weighted by Crippen LogP contribution is -2.24. The van der Waals surface area contributed by atoms with Crippen molar-refractivity contribution in [2.45, 2.75) is 58.8 Å². The second kappa shape index (κ2) is 3.48. The Labute approximate surface area is 82.4 Å². The van der Waals surface area contributed by atoms with Crippen LogP contribution in [0.5, 0.6) is 0 Å². The molecule has 0 N–H and O–H groups in total. The molecule has 0 nitrogen and oxygen atoms in total. The van der Waals surface area contributed by atoms with Crippen molar-refractivity contribution in [2.24, 2.45) is 11.3 Å². The van der Waals surface area contributed by atoms with Gasteiger partial charge >= 0.3 is 0 Å². The van der Waals surface area contributed by atoms with Crippen LogP contribution in [0.1, 0.15) is 58.8 Å². The molecule has 0 saturated heterocycles. The average molecular weight is 178 g/mol. The largest absolute Gasteiger partial charge is 0.0847 e. The van der Waals surface area contributed by atoms with Crippen LogP contribution in [0.15, 0.2) is 11.6 Å². The Kier molecular flexibility index (Phi) is 2.49. The second-order valence-electron chi connectivity index (χ2n) is 4.78. The van der Waals surface area contributed by atoms with Crippen molar-refractivity contribution < 1.29 is 0 Å². The lowest BCUT2D eigenvalue weighted by atomic mass is 9.71. The van der Waals surface area contributed by atoms with Crippen molar-refractivity contribution in [3.63, 3.8) is 0 Å². The van der Waals surface area contributed by atoms with Crippen LogP contribution in [0.3, 0.4) is 0 Å². The van der Waals surface area contributed by atoms with Crippen molar-refractivity contribution >= 4 is 0 Å². The molecule has 1 saturated carbocycles. The van der Waals surface area contributed by atoms with Gasteiger partial charge in [0.2, 0.25) is 0 Å². The van der Waals surface area contributed by atoms with Gasteiger partial charge in [-0.3, -0.25) is 0 Å². The molecular formula is C13H22. The number of hydrogen-bond acceptors (Lipinski definition) is 0.